The van der Waals surface area contributed by atoms with E-state index in [2.05, 4.69) is 35.0 Å². The van der Waals surface area contributed by atoms with Gasteiger partial charge in [0.15, 0.2) is 0 Å². The molecule has 2 N–H and O–H groups in total. The number of aliphatic hydroxyl groups is 1. The van der Waals surface area contributed by atoms with Crippen LogP contribution in [0.4, 0.5) is 5.82 Å². The van der Waals surface area contributed by atoms with Crippen molar-refractivity contribution in [2.45, 2.75) is 19.8 Å². The topological polar surface area (TPSA) is 61.4 Å². The third-order valence-electron chi connectivity index (χ3n) is 3.32. The fourth-order valence-corrected chi connectivity index (χ4v) is 2.02. The van der Waals surface area contributed by atoms with Crippen molar-refractivity contribution in [3.8, 4) is 0 Å². The number of aromatic nitrogens is 2. The third kappa shape index (κ3) is 2.45. The van der Waals surface area contributed by atoms with Crippen LogP contribution in [-0.2, 0) is 4.74 Å². The van der Waals surface area contributed by atoms with Gasteiger partial charge in [-0.25, -0.2) is 0 Å². The van der Waals surface area contributed by atoms with Crippen molar-refractivity contribution in [2.75, 3.05) is 38.3 Å². The van der Waals surface area contributed by atoms with Gasteiger partial charge in [0.25, 0.3) is 0 Å². The molecule has 2 heterocycles. The van der Waals surface area contributed by atoms with Gasteiger partial charge in [0.2, 0.25) is 0 Å². The maximum atomic E-state index is 9.39. The Bertz CT molecular complexity index is 366. The second-order valence-electron chi connectivity index (χ2n) is 5.34. The summed E-state index contributed by atoms with van der Waals surface area (Å²) in [6, 6.07) is 2.06. The summed E-state index contributed by atoms with van der Waals surface area (Å²) in [4.78, 5) is 2.07. The maximum absolute atomic E-state index is 9.39. The fourth-order valence-electron chi connectivity index (χ4n) is 2.02. The van der Waals surface area contributed by atoms with E-state index in [-0.39, 0.29) is 12.0 Å². The molecule has 0 unspecified atom stereocenters. The monoisotopic (exact) mass is 239 g/mol. The van der Waals surface area contributed by atoms with Gasteiger partial charge in [-0.15, -0.1) is 0 Å². The zero-order chi connectivity index (χ0) is 12.5. The van der Waals surface area contributed by atoms with Gasteiger partial charge in [0.1, 0.15) is 5.82 Å². The van der Waals surface area contributed by atoms with Crippen molar-refractivity contribution in [1.29, 1.82) is 0 Å². The zero-order valence-electron chi connectivity index (χ0n) is 10.7. The van der Waals surface area contributed by atoms with Gasteiger partial charge in [-0.2, -0.15) is 5.10 Å². The van der Waals surface area contributed by atoms with Crippen LogP contribution in [0.3, 0.4) is 0 Å². The van der Waals surface area contributed by atoms with Crippen LogP contribution in [-0.4, -0.2) is 48.7 Å². The lowest BCUT2D eigenvalue weighted by Crippen LogP contribution is -2.52. The number of nitrogens with zero attached hydrogens (tertiary/aromatic N) is 2. The number of aliphatic hydroxyl groups excluding tert-OH is 1. The fraction of sp³-hybridized carbons (Fsp3) is 0.750. The molecule has 1 fully saturated rings. The highest BCUT2D eigenvalue weighted by atomic mass is 16.5. The summed E-state index contributed by atoms with van der Waals surface area (Å²) in [5.41, 5.74) is 1.03. The van der Waals surface area contributed by atoms with Crippen LogP contribution in [0.5, 0.6) is 0 Å². The largest absolute Gasteiger partial charge is 0.396 e. The predicted octanol–water partition coefficient (Wildman–Crippen LogP) is 0.978. The van der Waals surface area contributed by atoms with Gasteiger partial charge in [0, 0.05) is 25.4 Å². The molecule has 0 radical (unpaired) electrons. The lowest BCUT2D eigenvalue weighted by Gasteiger charge is -2.42. The van der Waals surface area contributed by atoms with Gasteiger partial charge >= 0.3 is 0 Å². The molecule has 0 aromatic carbocycles. The van der Waals surface area contributed by atoms with E-state index in [1.54, 1.807) is 0 Å². The zero-order valence-corrected chi connectivity index (χ0v) is 10.7. The number of anilines is 1. The lowest BCUT2D eigenvalue weighted by molar-refractivity contribution is -0.130. The summed E-state index contributed by atoms with van der Waals surface area (Å²) in [7, 11) is 2.00. The average molecular weight is 239 g/mol. The molecule has 1 aromatic heterocycles. The Balaban J connectivity index is 2.01. The minimum Gasteiger partial charge on any atom is -0.396 e. The lowest BCUT2D eigenvalue weighted by atomic mass is 9.86. The number of hydrogen-bond acceptors (Lipinski definition) is 4. The van der Waals surface area contributed by atoms with Crippen LogP contribution < -0.4 is 4.90 Å². The molecule has 0 atom stereocenters. The summed E-state index contributed by atoms with van der Waals surface area (Å²) in [6.45, 7) is 6.47. The highest BCUT2D eigenvalue weighted by Crippen LogP contribution is 2.29. The standard InChI is InChI=1S/C12H21N3O2/c1-9(2)10-4-11(14-13-10)15(3)5-12(6-16)7-17-8-12/h4,9,16H,5-8H2,1-3H3,(H,13,14). The number of H-pyrrole nitrogens is 1. The van der Waals surface area contributed by atoms with Crippen LogP contribution in [0.2, 0.25) is 0 Å². The van der Waals surface area contributed by atoms with Gasteiger partial charge in [0.05, 0.1) is 25.2 Å². The normalized spacial score (nSPS) is 18.2. The molecule has 17 heavy (non-hydrogen) atoms. The first-order valence-corrected chi connectivity index (χ1v) is 6.01. The molecular formula is C12H21N3O2. The van der Waals surface area contributed by atoms with E-state index in [0.29, 0.717) is 19.1 Å². The van der Waals surface area contributed by atoms with Crippen LogP contribution in [0.1, 0.15) is 25.5 Å². The van der Waals surface area contributed by atoms with Crippen molar-refractivity contribution in [3.63, 3.8) is 0 Å². The molecule has 5 nitrogen and oxygen atoms in total. The number of hydrogen-bond donors (Lipinski definition) is 2. The molecule has 0 aliphatic carbocycles. The molecule has 0 amide bonds. The first kappa shape index (κ1) is 12.4. The molecule has 1 saturated heterocycles. The van der Waals surface area contributed by atoms with Crippen LogP contribution in [0.25, 0.3) is 0 Å². The Morgan fingerprint density at radius 3 is 2.71 bits per heavy atom. The summed E-state index contributed by atoms with van der Waals surface area (Å²) >= 11 is 0. The molecule has 0 saturated carbocycles. The van der Waals surface area contributed by atoms with Crippen molar-refractivity contribution >= 4 is 5.82 Å². The molecule has 5 heteroatoms. The Morgan fingerprint density at radius 1 is 1.59 bits per heavy atom. The molecular weight excluding hydrogens is 218 g/mol. The highest BCUT2D eigenvalue weighted by Gasteiger charge is 2.39. The summed E-state index contributed by atoms with van der Waals surface area (Å²) in [6.07, 6.45) is 0. The maximum Gasteiger partial charge on any atom is 0.150 e. The van der Waals surface area contributed by atoms with Crippen LogP contribution >= 0.6 is 0 Å². The molecule has 96 valence electrons. The van der Waals surface area contributed by atoms with Crippen molar-refractivity contribution in [1.82, 2.24) is 10.2 Å². The second kappa shape index (κ2) is 4.66. The Morgan fingerprint density at radius 2 is 2.29 bits per heavy atom. The van der Waals surface area contributed by atoms with Crippen molar-refractivity contribution in [2.24, 2.45) is 5.41 Å². The molecule has 1 aliphatic heterocycles. The highest BCUT2D eigenvalue weighted by molar-refractivity contribution is 5.39. The van der Waals surface area contributed by atoms with Crippen LogP contribution in [0, 0.1) is 5.41 Å². The average Bonchev–Trinajstić information content (AvgIpc) is 2.72. The van der Waals surface area contributed by atoms with Gasteiger partial charge < -0.3 is 14.7 Å². The number of nitrogens with one attached hydrogen (secondary N) is 1. The van der Waals surface area contributed by atoms with E-state index in [1.807, 2.05) is 7.05 Å². The van der Waals surface area contributed by atoms with E-state index in [4.69, 9.17) is 4.74 Å². The van der Waals surface area contributed by atoms with Crippen molar-refractivity contribution in [3.05, 3.63) is 11.8 Å². The predicted molar refractivity (Wildman–Crippen MR) is 66.3 cm³/mol. The summed E-state index contributed by atoms with van der Waals surface area (Å²) < 4.78 is 5.19. The summed E-state index contributed by atoms with van der Waals surface area (Å²) in [5.74, 6) is 1.37. The van der Waals surface area contributed by atoms with Gasteiger partial charge in [-0.05, 0) is 5.92 Å². The summed E-state index contributed by atoms with van der Waals surface area (Å²) in [5, 5.41) is 16.7. The SMILES string of the molecule is CC(C)c1cc(N(C)CC2(CO)COC2)n[nH]1. The minimum absolute atomic E-state index is 0.105. The Kier molecular flexibility index (Phi) is 3.40. The Hall–Kier alpha value is -1.07. The van der Waals surface area contributed by atoms with Gasteiger partial charge in [-0.3, -0.25) is 5.10 Å². The van der Waals surface area contributed by atoms with E-state index in [1.165, 1.54) is 0 Å². The molecule has 2 rings (SSSR count). The smallest absolute Gasteiger partial charge is 0.150 e. The molecule has 1 aromatic rings. The van der Waals surface area contributed by atoms with E-state index >= 15 is 0 Å². The van der Waals surface area contributed by atoms with Crippen LogP contribution in [0.15, 0.2) is 6.07 Å². The van der Waals surface area contributed by atoms with Crippen molar-refractivity contribution < 1.29 is 9.84 Å². The van der Waals surface area contributed by atoms with E-state index in [9.17, 15) is 5.11 Å². The molecule has 0 spiro atoms. The quantitative estimate of drug-likeness (QED) is 0.804. The third-order valence-corrected chi connectivity index (χ3v) is 3.32. The number of aromatic amines is 1. The first-order chi connectivity index (χ1) is 8.06. The van der Waals surface area contributed by atoms with E-state index < -0.39 is 0 Å². The van der Waals surface area contributed by atoms with E-state index in [0.717, 1.165) is 18.1 Å². The minimum atomic E-state index is -0.105. The first-order valence-electron chi connectivity index (χ1n) is 6.01. The van der Waals surface area contributed by atoms with Gasteiger partial charge in [-0.1, -0.05) is 13.8 Å². The number of ether oxygens (including phenoxy) is 1. The number of rotatable bonds is 5. The molecule has 0 bridgehead atoms. The Labute approximate surface area is 102 Å². The molecule has 1 aliphatic rings. The second-order valence-corrected chi connectivity index (χ2v) is 5.34.